The number of hydrogen-bond acceptors (Lipinski definition) is 6. The van der Waals surface area contributed by atoms with Crippen molar-refractivity contribution in [3.8, 4) is 0 Å². The third-order valence-electron chi connectivity index (χ3n) is 5.59. The fourth-order valence-corrected chi connectivity index (χ4v) is 3.78. The van der Waals surface area contributed by atoms with E-state index in [1.807, 2.05) is 51.1 Å². The summed E-state index contributed by atoms with van der Waals surface area (Å²) in [7, 11) is 0. The molecule has 9 nitrogen and oxygen atoms in total. The summed E-state index contributed by atoms with van der Waals surface area (Å²) in [5.41, 5.74) is 0.156. The highest BCUT2D eigenvalue weighted by Gasteiger charge is 2.34. The number of nitrogens with one attached hydrogen (secondary N) is 2. The van der Waals surface area contributed by atoms with E-state index in [0.717, 1.165) is 5.56 Å². The lowest BCUT2D eigenvalue weighted by molar-refractivity contribution is -0.129. The van der Waals surface area contributed by atoms with E-state index < -0.39 is 35.8 Å². The molecule has 0 aromatic heterocycles. The first kappa shape index (κ1) is 28.1. The van der Waals surface area contributed by atoms with Crippen LogP contribution in [0.15, 0.2) is 30.3 Å². The third kappa shape index (κ3) is 9.58. The molecule has 194 valence electrons. The Kier molecular flexibility index (Phi) is 10.1. The lowest BCUT2D eigenvalue weighted by atomic mass is 10.0. The van der Waals surface area contributed by atoms with Gasteiger partial charge in [0.05, 0.1) is 12.6 Å². The molecule has 2 rings (SSSR count). The molecule has 1 aromatic rings. The zero-order valence-electron chi connectivity index (χ0n) is 21.6. The molecule has 0 bridgehead atoms. The second kappa shape index (κ2) is 12.6. The van der Waals surface area contributed by atoms with Gasteiger partial charge in [-0.3, -0.25) is 14.5 Å². The minimum absolute atomic E-state index is 0.116. The summed E-state index contributed by atoms with van der Waals surface area (Å²) in [5.74, 6) is -0.601. The Morgan fingerprint density at radius 2 is 1.77 bits per heavy atom. The van der Waals surface area contributed by atoms with Gasteiger partial charge in [0.25, 0.3) is 0 Å². The number of nitrogens with zero attached hydrogens (tertiary/aromatic N) is 1. The van der Waals surface area contributed by atoms with Crippen molar-refractivity contribution >= 4 is 23.9 Å². The fraction of sp³-hybridized carbons (Fsp3) is 0.615. The number of hydrogen-bond donors (Lipinski definition) is 2. The Morgan fingerprint density at radius 1 is 1.11 bits per heavy atom. The van der Waals surface area contributed by atoms with Crippen LogP contribution in [0.4, 0.5) is 9.59 Å². The first-order chi connectivity index (χ1) is 16.4. The number of rotatable bonds is 7. The number of carbonyl (C=O) groups excluding carboxylic acids is 4. The van der Waals surface area contributed by atoms with Crippen molar-refractivity contribution in [2.24, 2.45) is 5.92 Å². The maximum absolute atomic E-state index is 13.0. The van der Waals surface area contributed by atoms with E-state index in [1.165, 1.54) is 4.90 Å². The quantitative estimate of drug-likeness (QED) is 0.602. The van der Waals surface area contributed by atoms with Gasteiger partial charge in [0.2, 0.25) is 5.91 Å². The van der Waals surface area contributed by atoms with Crippen molar-refractivity contribution in [3.63, 3.8) is 0 Å². The lowest BCUT2D eigenvalue weighted by Crippen LogP contribution is -2.53. The van der Waals surface area contributed by atoms with Gasteiger partial charge in [-0.05, 0) is 58.4 Å². The molecule has 9 heteroatoms. The van der Waals surface area contributed by atoms with E-state index in [-0.39, 0.29) is 30.9 Å². The van der Waals surface area contributed by atoms with Crippen LogP contribution in [-0.2, 0) is 25.7 Å². The zero-order valence-corrected chi connectivity index (χ0v) is 21.6. The molecule has 2 N–H and O–H groups in total. The summed E-state index contributed by atoms with van der Waals surface area (Å²) in [6, 6.07) is 7.48. The topological polar surface area (TPSA) is 114 Å². The van der Waals surface area contributed by atoms with Crippen LogP contribution in [0, 0.1) is 5.92 Å². The van der Waals surface area contributed by atoms with Crippen LogP contribution in [0.1, 0.15) is 66.4 Å². The van der Waals surface area contributed by atoms with E-state index in [9.17, 15) is 19.2 Å². The first-order valence-corrected chi connectivity index (χ1v) is 12.2. The monoisotopic (exact) mass is 489 g/mol. The molecule has 1 fully saturated rings. The summed E-state index contributed by atoms with van der Waals surface area (Å²) < 4.78 is 10.7. The molecular weight excluding hydrogens is 450 g/mol. The van der Waals surface area contributed by atoms with Gasteiger partial charge >= 0.3 is 12.2 Å². The predicted molar refractivity (Wildman–Crippen MR) is 132 cm³/mol. The Hall–Kier alpha value is -3.10. The van der Waals surface area contributed by atoms with Gasteiger partial charge in [-0.25, -0.2) is 9.59 Å². The highest BCUT2D eigenvalue weighted by atomic mass is 16.6. The number of carbonyl (C=O) groups is 4. The van der Waals surface area contributed by atoms with Crippen LogP contribution < -0.4 is 10.6 Å². The van der Waals surface area contributed by atoms with Crippen LogP contribution in [0.5, 0.6) is 0 Å². The summed E-state index contributed by atoms with van der Waals surface area (Å²) in [6.45, 7) is 10.9. The maximum Gasteiger partial charge on any atom is 0.410 e. The van der Waals surface area contributed by atoms with E-state index in [4.69, 9.17) is 9.47 Å². The van der Waals surface area contributed by atoms with Crippen molar-refractivity contribution in [1.29, 1.82) is 0 Å². The summed E-state index contributed by atoms with van der Waals surface area (Å²) in [5, 5.41) is 5.41. The minimum Gasteiger partial charge on any atom is -0.445 e. The Morgan fingerprint density at radius 3 is 2.37 bits per heavy atom. The first-order valence-electron chi connectivity index (χ1n) is 12.2. The van der Waals surface area contributed by atoms with Crippen LogP contribution in [0.3, 0.4) is 0 Å². The third-order valence-corrected chi connectivity index (χ3v) is 5.59. The van der Waals surface area contributed by atoms with Gasteiger partial charge in [-0.1, -0.05) is 44.2 Å². The number of ether oxygens (including phenoxy) is 2. The van der Waals surface area contributed by atoms with Crippen LogP contribution in [0.25, 0.3) is 0 Å². The number of amides is 3. The van der Waals surface area contributed by atoms with E-state index >= 15 is 0 Å². The second-order valence-corrected chi connectivity index (χ2v) is 10.5. The van der Waals surface area contributed by atoms with Crippen LogP contribution >= 0.6 is 0 Å². The molecule has 3 atom stereocenters. The van der Waals surface area contributed by atoms with Gasteiger partial charge in [0.15, 0.2) is 5.78 Å². The Labute approximate surface area is 207 Å². The van der Waals surface area contributed by atoms with Crippen molar-refractivity contribution in [1.82, 2.24) is 15.5 Å². The van der Waals surface area contributed by atoms with E-state index in [0.29, 0.717) is 19.3 Å². The maximum atomic E-state index is 13.0. The molecule has 1 aliphatic rings. The van der Waals surface area contributed by atoms with Crippen LogP contribution in [-0.4, -0.2) is 59.0 Å². The van der Waals surface area contributed by atoms with Gasteiger partial charge in [-0.15, -0.1) is 0 Å². The molecule has 0 spiro atoms. The van der Waals surface area contributed by atoms with Crippen molar-refractivity contribution in [3.05, 3.63) is 35.9 Å². The Bertz CT molecular complexity index is 881. The number of alkyl carbamates (subject to hydrolysis) is 1. The largest absolute Gasteiger partial charge is 0.445 e. The molecule has 3 amide bonds. The molecular formula is C26H39N3O6. The molecule has 1 aliphatic heterocycles. The highest BCUT2D eigenvalue weighted by Crippen LogP contribution is 2.18. The van der Waals surface area contributed by atoms with E-state index in [1.54, 1.807) is 20.8 Å². The molecule has 1 saturated heterocycles. The lowest BCUT2D eigenvalue weighted by Gasteiger charge is -2.26. The average Bonchev–Trinajstić information content (AvgIpc) is 2.89. The highest BCUT2D eigenvalue weighted by molar-refractivity contribution is 5.94. The van der Waals surface area contributed by atoms with E-state index in [2.05, 4.69) is 10.6 Å². The molecule has 0 radical (unpaired) electrons. The van der Waals surface area contributed by atoms with Crippen molar-refractivity contribution in [2.75, 3.05) is 6.54 Å². The number of Topliss-reactive ketones (excluding diaryl/α,β-unsaturated/α-hetero) is 1. The number of benzene rings is 1. The minimum atomic E-state index is -0.842. The predicted octanol–water partition coefficient (Wildman–Crippen LogP) is 3.80. The smallest absolute Gasteiger partial charge is 0.410 e. The van der Waals surface area contributed by atoms with Gasteiger partial charge in [0.1, 0.15) is 18.2 Å². The fourth-order valence-electron chi connectivity index (χ4n) is 3.78. The summed E-state index contributed by atoms with van der Waals surface area (Å²) in [4.78, 5) is 52.3. The van der Waals surface area contributed by atoms with Crippen molar-refractivity contribution in [2.45, 2.75) is 91.1 Å². The van der Waals surface area contributed by atoms with Gasteiger partial charge in [-0.2, -0.15) is 0 Å². The second-order valence-electron chi connectivity index (χ2n) is 10.5. The van der Waals surface area contributed by atoms with Crippen molar-refractivity contribution < 1.29 is 28.7 Å². The number of ketones is 1. The van der Waals surface area contributed by atoms with Gasteiger partial charge < -0.3 is 20.1 Å². The number of likely N-dealkylation sites (tertiary alicyclic amines) is 1. The summed E-state index contributed by atoms with van der Waals surface area (Å²) >= 11 is 0. The summed E-state index contributed by atoms with van der Waals surface area (Å²) in [6.07, 6.45) is 0.0401. The zero-order chi connectivity index (χ0) is 26.2. The SMILES string of the molecule is CC(C)C[C@H](NC(=O)OC(C)(C)C)C(=O)N[C@H]1CC[C@@H](C)N(C(=O)OCc2ccccc2)CC1=O. The molecule has 1 heterocycles. The average molecular weight is 490 g/mol. The van der Waals surface area contributed by atoms with Gasteiger partial charge in [0, 0.05) is 6.04 Å². The molecule has 0 unspecified atom stereocenters. The molecule has 1 aromatic carbocycles. The molecule has 35 heavy (non-hydrogen) atoms. The normalized spacial score (nSPS) is 19.5. The van der Waals surface area contributed by atoms with Crippen LogP contribution in [0.2, 0.25) is 0 Å². The molecule has 0 aliphatic carbocycles. The Balaban J connectivity index is 2.00. The molecule has 0 saturated carbocycles. The standard InChI is InChI=1S/C26H39N3O6/c1-17(2)14-21(28-24(32)35-26(4,5)6)23(31)27-20-13-12-18(3)29(15-22(20)30)25(33)34-16-19-10-8-7-9-11-19/h7-11,17-18,20-21H,12-16H2,1-6H3,(H,27,31)(H,28,32)/t18-,20+,21+/m1/s1.